The van der Waals surface area contributed by atoms with Crippen molar-refractivity contribution in [2.45, 2.75) is 25.7 Å². The lowest BCUT2D eigenvalue weighted by molar-refractivity contribution is 0.102. The molecule has 0 bridgehead atoms. The lowest BCUT2D eigenvalue weighted by Gasteiger charge is -2.13. The van der Waals surface area contributed by atoms with E-state index in [9.17, 15) is 13.2 Å². The van der Waals surface area contributed by atoms with Gasteiger partial charge in [-0.3, -0.25) is 9.89 Å². The normalized spacial score (nSPS) is 10.9. The maximum Gasteiger partial charge on any atom is 0.256 e. The Kier molecular flexibility index (Phi) is 7.91. The molecular weight excluding hydrogens is 470 g/mol. The SMILES string of the molecule is CC.Cc1cccc(-c2cc(S(C)(=O)=O)ccc2C(=O)Nc2ccc(Cl)c(-c3ccn[nH]3)c2)c1. The number of nitrogens with one attached hydrogen (secondary N) is 2. The Balaban J connectivity index is 0.00000158. The standard InChI is InChI=1S/C24H20ClN3O3S.C2H6/c1-15-4-3-5-16(12-15)20-14-18(32(2,30)31)7-8-19(20)24(29)27-17-6-9-22(25)21(13-17)23-10-11-26-28-23;1-2/h3-14H,1-2H3,(H,26,28)(H,27,29);1-2H3. The van der Waals surface area contributed by atoms with Crippen molar-refractivity contribution in [2.75, 3.05) is 11.6 Å². The number of benzene rings is 3. The number of hydrogen-bond acceptors (Lipinski definition) is 4. The van der Waals surface area contributed by atoms with E-state index in [0.717, 1.165) is 23.1 Å². The minimum absolute atomic E-state index is 0.151. The molecule has 0 spiro atoms. The Hall–Kier alpha value is -3.42. The molecule has 0 aliphatic carbocycles. The van der Waals surface area contributed by atoms with E-state index in [-0.39, 0.29) is 10.8 Å². The van der Waals surface area contributed by atoms with Gasteiger partial charge in [0.25, 0.3) is 5.91 Å². The Morgan fingerprint density at radius 1 is 0.971 bits per heavy atom. The van der Waals surface area contributed by atoms with Gasteiger partial charge in [0.05, 0.1) is 15.6 Å². The zero-order chi connectivity index (χ0) is 24.9. The van der Waals surface area contributed by atoms with Crippen LogP contribution in [0.15, 0.2) is 77.8 Å². The summed E-state index contributed by atoms with van der Waals surface area (Å²) in [5.74, 6) is -0.362. The summed E-state index contributed by atoms with van der Waals surface area (Å²) < 4.78 is 24.2. The summed E-state index contributed by atoms with van der Waals surface area (Å²) in [6.07, 6.45) is 2.77. The van der Waals surface area contributed by atoms with Crippen LogP contribution in [0.2, 0.25) is 5.02 Å². The van der Waals surface area contributed by atoms with Gasteiger partial charge in [0, 0.05) is 29.3 Å². The van der Waals surface area contributed by atoms with Crippen molar-refractivity contribution < 1.29 is 13.2 Å². The number of aromatic amines is 1. The highest BCUT2D eigenvalue weighted by Gasteiger charge is 2.18. The second-order valence-corrected chi connectivity index (χ2v) is 9.89. The van der Waals surface area contributed by atoms with E-state index in [4.69, 9.17) is 11.6 Å². The summed E-state index contributed by atoms with van der Waals surface area (Å²) in [7, 11) is -3.44. The number of nitrogens with zero attached hydrogens (tertiary/aromatic N) is 1. The van der Waals surface area contributed by atoms with Crippen LogP contribution >= 0.6 is 11.6 Å². The lowest BCUT2D eigenvalue weighted by atomic mass is 9.97. The van der Waals surface area contributed by atoms with E-state index < -0.39 is 9.84 Å². The monoisotopic (exact) mass is 495 g/mol. The van der Waals surface area contributed by atoms with Gasteiger partial charge in [-0.05, 0) is 60.5 Å². The zero-order valence-electron chi connectivity index (χ0n) is 19.4. The van der Waals surface area contributed by atoms with E-state index in [0.29, 0.717) is 27.4 Å². The predicted molar refractivity (Wildman–Crippen MR) is 138 cm³/mol. The van der Waals surface area contributed by atoms with Crippen molar-refractivity contribution in [1.29, 1.82) is 0 Å². The molecule has 2 N–H and O–H groups in total. The second-order valence-electron chi connectivity index (χ2n) is 7.47. The third kappa shape index (κ3) is 5.73. The summed E-state index contributed by atoms with van der Waals surface area (Å²) in [5, 5.41) is 10.2. The predicted octanol–water partition coefficient (Wildman–Crippen LogP) is 6.39. The number of hydrogen-bond donors (Lipinski definition) is 2. The molecule has 0 radical (unpaired) electrons. The van der Waals surface area contributed by atoms with Crippen LogP contribution in [0, 0.1) is 6.92 Å². The first-order chi connectivity index (χ1) is 16.2. The molecule has 176 valence electrons. The average Bonchev–Trinajstić information content (AvgIpc) is 3.35. The van der Waals surface area contributed by atoms with Crippen molar-refractivity contribution >= 4 is 33.0 Å². The first-order valence-electron chi connectivity index (χ1n) is 10.7. The van der Waals surface area contributed by atoms with Crippen LogP contribution in [0.25, 0.3) is 22.4 Å². The molecule has 1 amide bonds. The van der Waals surface area contributed by atoms with E-state index >= 15 is 0 Å². The molecule has 0 aliphatic heterocycles. The fourth-order valence-corrected chi connectivity index (χ4v) is 4.28. The second kappa shape index (κ2) is 10.7. The fraction of sp³-hybridized carbons (Fsp3) is 0.154. The first kappa shape index (κ1) is 25.2. The Morgan fingerprint density at radius 2 is 1.74 bits per heavy atom. The van der Waals surface area contributed by atoms with Crippen LogP contribution in [0.1, 0.15) is 29.8 Å². The molecule has 0 aliphatic rings. The summed E-state index contributed by atoms with van der Waals surface area (Å²) in [5.41, 5.74) is 4.64. The van der Waals surface area contributed by atoms with Gasteiger partial charge in [0.2, 0.25) is 0 Å². The highest BCUT2D eigenvalue weighted by molar-refractivity contribution is 7.90. The Bertz CT molecular complexity index is 1420. The van der Waals surface area contributed by atoms with Crippen molar-refractivity contribution in [3.05, 3.63) is 89.1 Å². The number of aryl methyl sites for hydroxylation is 1. The molecule has 4 aromatic rings. The number of carbonyl (C=O) groups is 1. The maximum absolute atomic E-state index is 13.2. The average molecular weight is 496 g/mol. The number of halogens is 1. The minimum Gasteiger partial charge on any atom is -0.322 e. The topological polar surface area (TPSA) is 91.9 Å². The van der Waals surface area contributed by atoms with E-state index in [1.54, 1.807) is 30.5 Å². The maximum atomic E-state index is 13.2. The van der Waals surface area contributed by atoms with Gasteiger partial charge in [-0.15, -0.1) is 0 Å². The summed E-state index contributed by atoms with van der Waals surface area (Å²) >= 11 is 6.30. The van der Waals surface area contributed by atoms with Gasteiger partial charge < -0.3 is 5.32 Å². The molecule has 0 atom stereocenters. The van der Waals surface area contributed by atoms with Crippen LogP contribution in [-0.4, -0.2) is 30.8 Å². The van der Waals surface area contributed by atoms with Gasteiger partial charge >= 0.3 is 0 Å². The van der Waals surface area contributed by atoms with Gasteiger partial charge in [-0.2, -0.15) is 5.10 Å². The van der Waals surface area contributed by atoms with Gasteiger partial charge in [0.1, 0.15) is 0 Å². The number of amides is 1. The van der Waals surface area contributed by atoms with E-state index in [1.807, 2.05) is 45.0 Å². The summed E-state index contributed by atoms with van der Waals surface area (Å²) in [4.78, 5) is 13.4. The molecule has 1 heterocycles. The van der Waals surface area contributed by atoms with Gasteiger partial charge in [-0.25, -0.2) is 8.42 Å². The molecule has 6 nitrogen and oxygen atoms in total. The number of sulfone groups is 1. The first-order valence-corrected chi connectivity index (χ1v) is 13.0. The third-order valence-corrected chi connectivity index (χ3v) is 6.45. The highest BCUT2D eigenvalue weighted by Crippen LogP contribution is 2.31. The quantitative estimate of drug-likeness (QED) is 0.335. The molecule has 0 unspecified atom stereocenters. The van der Waals surface area contributed by atoms with Crippen LogP contribution in [0.3, 0.4) is 0 Å². The third-order valence-electron chi connectivity index (χ3n) is 5.01. The molecule has 3 aromatic carbocycles. The van der Waals surface area contributed by atoms with E-state index in [1.165, 1.54) is 18.2 Å². The molecular formula is C26H26ClN3O3S. The molecule has 34 heavy (non-hydrogen) atoms. The number of aromatic nitrogens is 2. The Morgan fingerprint density at radius 3 is 2.38 bits per heavy atom. The summed E-state index contributed by atoms with van der Waals surface area (Å²) in [6.45, 7) is 5.94. The molecule has 0 fully saturated rings. The largest absolute Gasteiger partial charge is 0.322 e. The highest BCUT2D eigenvalue weighted by atomic mass is 35.5. The van der Waals surface area contributed by atoms with E-state index in [2.05, 4.69) is 15.5 Å². The van der Waals surface area contributed by atoms with Crippen molar-refractivity contribution in [3.8, 4) is 22.4 Å². The molecule has 4 rings (SSSR count). The number of rotatable bonds is 5. The molecule has 8 heteroatoms. The smallest absolute Gasteiger partial charge is 0.256 e. The number of carbonyl (C=O) groups excluding carboxylic acids is 1. The fourth-order valence-electron chi connectivity index (χ4n) is 3.42. The van der Waals surface area contributed by atoms with Crippen LogP contribution < -0.4 is 5.32 Å². The van der Waals surface area contributed by atoms with Crippen LogP contribution in [0.4, 0.5) is 5.69 Å². The molecule has 0 saturated carbocycles. The number of H-pyrrole nitrogens is 1. The van der Waals surface area contributed by atoms with Crippen molar-refractivity contribution in [1.82, 2.24) is 10.2 Å². The molecule has 0 saturated heterocycles. The lowest BCUT2D eigenvalue weighted by Crippen LogP contribution is -2.14. The number of anilines is 1. The Labute approximate surface area is 204 Å². The minimum atomic E-state index is -3.44. The van der Waals surface area contributed by atoms with Crippen molar-refractivity contribution in [2.24, 2.45) is 0 Å². The van der Waals surface area contributed by atoms with Crippen LogP contribution in [-0.2, 0) is 9.84 Å². The van der Waals surface area contributed by atoms with Crippen molar-refractivity contribution in [3.63, 3.8) is 0 Å². The van der Waals surface area contributed by atoms with Gasteiger partial charge in [0.15, 0.2) is 9.84 Å². The molecule has 1 aromatic heterocycles. The van der Waals surface area contributed by atoms with Crippen LogP contribution in [0.5, 0.6) is 0 Å². The zero-order valence-corrected chi connectivity index (χ0v) is 21.0. The summed E-state index contributed by atoms with van der Waals surface area (Å²) in [6, 6.07) is 19.0. The van der Waals surface area contributed by atoms with Gasteiger partial charge in [-0.1, -0.05) is 55.3 Å².